The van der Waals surface area contributed by atoms with Crippen molar-refractivity contribution in [2.45, 2.75) is 5.16 Å². The van der Waals surface area contributed by atoms with E-state index in [2.05, 4.69) is 25.8 Å². The molecule has 0 spiro atoms. The van der Waals surface area contributed by atoms with Crippen LogP contribution in [-0.2, 0) is 4.79 Å². The van der Waals surface area contributed by atoms with E-state index in [4.69, 9.17) is 4.74 Å². The van der Waals surface area contributed by atoms with E-state index in [0.29, 0.717) is 10.3 Å². The van der Waals surface area contributed by atoms with Crippen molar-refractivity contribution in [1.82, 2.24) is 25.2 Å². The first-order valence-electron chi connectivity index (χ1n) is 8.08. The van der Waals surface area contributed by atoms with Crippen molar-refractivity contribution in [3.05, 3.63) is 47.2 Å². The Hall–Kier alpha value is -2.76. The van der Waals surface area contributed by atoms with Gasteiger partial charge in [-0.25, -0.2) is 4.98 Å². The molecule has 0 aliphatic heterocycles. The molecule has 0 bridgehead atoms. The van der Waals surface area contributed by atoms with E-state index in [-0.39, 0.29) is 11.7 Å². The SMILES string of the molecule is COc1ccc(-n2nnnc2SCC(=O)Nc2nc(-c3cccs3)cs2)cc1. The van der Waals surface area contributed by atoms with Crippen molar-refractivity contribution in [2.24, 2.45) is 0 Å². The number of methoxy groups -OCH3 is 1. The molecule has 0 atom stereocenters. The molecule has 3 heterocycles. The molecule has 1 aromatic carbocycles. The number of thiophene rings is 1. The molecule has 28 heavy (non-hydrogen) atoms. The van der Waals surface area contributed by atoms with E-state index in [0.717, 1.165) is 22.0 Å². The Bertz CT molecular complexity index is 1060. The number of tetrazole rings is 1. The normalized spacial score (nSPS) is 10.8. The van der Waals surface area contributed by atoms with Crippen LogP contribution in [-0.4, -0.2) is 44.0 Å². The zero-order chi connectivity index (χ0) is 19.3. The summed E-state index contributed by atoms with van der Waals surface area (Å²) < 4.78 is 6.73. The fourth-order valence-corrected chi connectivity index (χ4v) is 4.49. The molecular formula is C17H14N6O2S3. The van der Waals surface area contributed by atoms with E-state index < -0.39 is 0 Å². The molecule has 1 amide bonds. The number of nitrogens with zero attached hydrogens (tertiary/aromatic N) is 5. The maximum absolute atomic E-state index is 12.3. The van der Waals surface area contributed by atoms with Crippen LogP contribution < -0.4 is 10.1 Å². The number of amides is 1. The second kappa shape index (κ2) is 8.50. The van der Waals surface area contributed by atoms with Gasteiger partial charge in [-0.2, -0.15) is 4.68 Å². The smallest absolute Gasteiger partial charge is 0.236 e. The number of thiazole rings is 1. The molecule has 0 saturated carbocycles. The fourth-order valence-electron chi connectivity index (χ4n) is 2.31. The Kier molecular flexibility index (Phi) is 5.65. The number of aromatic nitrogens is 5. The van der Waals surface area contributed by atoms with Crippen LogP contribution in [0.2, 0.25) is 0 Å². The van der Waals surface area contributed by atoms with Gasteiger partial charge in [-0.1, -0.05) is 17.8 Å². The van der Waals surface area contributed by atoms with E-state index >= 15 is 0 Å². The van der Waals surface area contributed by atoms with Gasteiger partial charge in [0, 0.05) is 5.38 Å². The highest BCUT2D eigenvalue weighted by Gasteiger charge is 2.13. The number of thioether (sulfide) groups is 1. The van der Waals surface area contributed by atoms with Crippen molar-refractivity contribution in [1.29, 1.82) is 0 Å². The van der Waals surface area contributed by atoms with Gasteiger partial charge in [-0.15, -0.1) is 27.8 Å². The Morgan fingerprint density at radius 2 is 2.11 bits per heavy atom. The monoisotopic (exact) mass is 430 g/mol. The summed E-state index contributed by atoms with van der Waals surface area (Å²) in [7, 11) is 1.61. The van der Waals surface area contributed by atoms with Crippen LogP contribution in [0.3, 0.4) is 0 Å². The molecule has 1 N–H and O–H groups in total. The lowest BCUT2D eigenvalue weighted by atomic mass is 10.3. The molecule has 8 nitrogen and oxygen atoms in total. The minimum absolute atomic E-state index is 0.165. The summed E-state index contributed by atoms with van der Waals surface area (Å²) in [6.07, 6.45) is 0. The molecule has 142 valence electrons. The molecule has 0 radical (unpaired) electrons. The second-order valence-electron chi connectivity index (χ2n) is 5.42. The molecule has 4 rings (SSSR count). The van der Waals surface area contributed by atoms with Gasteiger partial charge in [0.25, 0.3) is 0 Å². The van der Waals surface area contributed by atoms with Crippen LogP contribution in [0, 0.1) is 0 Å². The highest BCUT2D eigenvalue weighted by atomic mass is 32.2. The summed E-state index contributed by atoms with van der Waals surface area (Å²) in [6, 6.07) is 11.3. The molecular weight excluding hydrogens is 416 g/mol. The fraction of sp³-hybridized carbons (Fsp3) is 0.118. The predicted molar refractivity (Wildman–Crippen MR) is 110 cm³/mol. The molecule has 11 heteroatoms. The van der Waals surface area contributed by atoms with Crippen LogP contribution in [0.4, 0.5) is 5.13 Å². The van der Waals surface area contributed by atoms with Gasteiger partial charge in [0.05, 0.1) is 29.1 Å². The minimum atomic E-state index is -0.165. The number of rotatable bonds is 7. The average molecular weight is 431 g/mol. The first-order chi connectivity index (χ1) is 13.7. The molecule has 3 aromatic heterocycles. The van der Waals surface area contributed by atoms with Crippen LogP contribution in [0.5, 0.6) is 5.75 Å². The Morgan fingerprint density at radius 1 is 1.25 bits per heavy atom. The first kappa shape index (κ1) is 18.6. The Labute approximate surface area is 172 Å². The summed E-state index contributed by atoms with van der Waals surface area (Å²) in [5.74, 6) is 0.752. The lowest BCUT2D eigenvalue weighted by molar-refractivity contribution is -0.113. The maximum atomic E-state index is 12.3. The van der Waals surface area contributed by atoms with E-state index in [1.807, 2.05) is 47.2 Å². The van der Waals surface area contributed by atoms with Gasteiger partial charge < -0.3 is 10.1 Å². The Morgan fingerprint density at radius 3 is 2.86 bits per heavy atom. The quantitative estimate of drug-likeness (QED) is 0.448. The summed E-state index contributed by atoms with van der Waals surface area (Å²) >= 11 is 4.27. The highest BCUT2D eigenvalue weighted by molar-refractivity contribution is 7.99. The maximum Gasteiger partial charge on any atom is 0.236 e. The average Bonchev–Trinajstić information content (AvgIpc) is 3.47. The van der Waals surface area contributed by atoms with Crippen LogP contribution in [0.25, 0.3) is 16.3 Å². The van der Waals surface area contributed by atoms with Crippen LogP contribution in [0.15, 0.2) is 52.3 Å². The van der Waals surface area contributed by atoms with Crippen molar-refractivity contribution in [2.75, 3.05) is 18.2 Å². The zero-order valence-corrected chi connectivity index (χ0v) is 17.1. The van der Waals surface area contributed by atoms with Crippen molar-refractivity contribution < 1.29 is 9.53 Å². The van der Waals surface area contributed by atoms with Crippen LogP contribution in [0.1, 0.15) is 0 Å². The third-order valence-electron chi connectivity index (χ3n) is 3.61. The largest absolute Gasteiger partial charge is 0.497 e. The third kappa shape index (κ3) is 4.21. The number of hydrogen-bond acceptors (Lipinski definition) is 9. The molecule has 0 fully saturated rings. The Balaban J connectivity index is 1.37. The lowest BCUT2D eigenvalue weighted by Gasteiger charge is -2.05. The molecule has 4 aromatic rings. The van der Waals surface area contributed by atoms with Gasteiger partial charge in [0.2, 0.25) is 11.1 Å². The number of anilines is 1. The van der Waals surface area contributed by atoms with Gasteiger partial charge in [0.15, 0.2) is 5.13 Å². The minimum Gasteiger partial charge on any atom is -0.497 e. The number of carbonyl (C=O) groups excluding carboxylic acids is 1. The topological polar surface area (TPSA) is 94.8 Å². The third-order valence-corrected chi connectivity index (χ3v) is 6.18. The first-order valence-corrected chi connectivity index (χ1v) is 10.8. The van der Waals surface area contributed by atoms with Crippen molar-refractivity contribution >= 4 is 45.5 Å². The van der Waals surface area contributed by atoms with E-state index in [1.54, 1.807) is 23.1 Å². The number of nitrogens with one attached hydrogen (secondary N) is 1. The summed E-state index contributed by atoms with van der Waals surface area (Å²) in [5.41, 5.74) is 1.65. The molecule has 0 aliphatic carbocycles. The molecule has 0 unspecified atom stereocenters. The van der Waals surface area contributed by atoms with Gasteiger partial charge in [-0.05, 0) is 46.1 Å². The molecule has 0 aliphatic rings. The highest BCUT2D eigenvalue weighted by Crippen LogP contribution is 2.28. The van der Waals surface area contributed by atoms with Gasteiger partial charge in [-0.3, -0.25) is 4.79 Å². The van der Waals surface area contributed by atoms with E-state index in [1.165, 1.54) is 23.1 Å². The summed E-state index contributed by atoms with van der Waals surface area (Å²) in [4.78, 5) is 17.8. The van der Waals surface area contributed by atoms with Crippen molar-refractivity contribution in [3.8, 4) is 22.0 Å². The van der Waals surface area contributed by atoms with Gasteiger partial charge >= 0.3 is 0 Å². The van der Waals surface area contributed by atoms with E-state index in [9.17, 15) is 4.79 Å². The van der Waals surface area contributed by atoms with Crippen LogP contribution >= 0.6 is 34.4 Å². The lowest BCUT2D eigenvalue weighted by Crippen LogP contribution is -2.14. The predicted octanol–water partition coefficient (Wildman–Crippen LogP) is 3.59. The van der Waals surface area contributed by atoms with Gasteiger partial charge in [0.1, 0.15) is 5.75 Å². The zero-order valence-electron chi connectivity index (χ0n) is 14.6. The standard InChI is InChI=1S/C17H14N6O2S3/c1-25-12-6-4-11(5-7-12)23-17(20-21-22-23)28-10-15(24)19-16-18-13(9-27-16)14-3-2-8-26-14/h2-9H,10H2,1H3,(H,18,19,24). The summed E-state index contributed by atoms with van der Waals surface area (Å²) in [6.45, 7) is 0. The van der Waals surface area contributed by atoms with Crippen molar-refractivity contribution in [3.63, 3.8) is 0 Å². The number of benzene rings is 1. The summed E-state index contributed by atoms with van der Waals surface area (Å²) in [5, 5.41) is 19.5. The number of hydrogen-bond donors (Lipinski definition) is 1. The second-order valence-corrected chi connectivity index (χ2v) is 8.17. The number of carbonyl (C=O) groups is 1. The number of ether oxygens (including phenoxy) is 1. The molecule has 0 saturated heterocycles.